The van der Waals surface area contributed by atoms with Crippen molar-refractivity contribution < 1.29 is 24.5 Å². The van der Waals surface area contributed by atoms with Crippen molar-refractivity contribution in [3.63, 3.8) is 0 Å². The first-order chi connectivity index (χ1) is 14.2. The second-order valence-corrected chi connectivity index (χ2v) is 9.40. The lowest BCUT2D eigenvalue weighted by Crippen LogP contribution is -2.50. The Bertz CT molecular complexity index is 921. The van der Waals surface area contributed by atoms with Gasteiger partial charge in [-0.25, -0.2) is 0 Å². The number of ether oxygens (including phenoxy) is 1. The van der Waals surface area contributed by atoms with Crippen molar-refractivity contribution in [2.45, 2.75) is 69.4 Å². The highest BCUT2D eigenvalue weighted by Gasteiger charge is 2.61. The average molecular weight is 411 g/mol. The lowest BCUT2D eigenvalue weighted by molar-refractivity contribution is -0.143. The molecule has 30 heavy (non-hydrogen) atoms. The van der Waals surface area contributed by atoms with E-state index in [1.807, 2.05) is 12.1 Å². The monoisotopic (exact) mass is 411 g/mol. The van der Waals surface area contributed by atoms with Gasteiger partial charge in [0.2, 0.25) is 0 Å². The molecule has 3 aliphatic carbocycles. The first-order valence-corrected chi connectivity index (χ1v) is 10.7. The number of nitrogens with two attached hydrogens (primary N) is 1. The highest BCUT2D eigenvalue weighted by Crippen LogP contribution is 2.64. The summed E-state index contributed by atoms with van der Waals surface area (Å²) in [6, 6.07) is 4.46. The molecule has 0 aromatic heterocycles. The van der Waals surface area contributed by atoms with Crippen LogP contribution in [0.1, 0.15) is 62.5 Å². The number of carbonyl (C=O) groups is 2. The standard InChI is InChI=1S/C24H29NO5/c1-3-24(29)11-9-19-18-6-4-14-12-15(30-21(26)13-20(25)22(27)28)5-7-16(14)17(18)8-10-23(19,24)2/h1,5,7,12,17-20,29H,4,6,8-11,13,25H2,2H3,(H,27,28)/t17?,18?,19?,20-,23-,24-/m0/s1. The number of aliphatic carboxylic acids is 1. The van der Waals surface area contributed by atoms with Crippen molar-refractivity contribution in [3.05, 3.63) is 29.3 Å². The molecule has 160 valence electrons. The Balaban J connectivity index is 1.51. The van der Waals surface area contributed by atoms with E-state index in [2.05, 4.69) is 12.8 Å². The van der Waals surface area contributed by atoms with Crippen LogP contribution in [0.3, 0.4) is 0 Å². The Kier molecular flexibility index (Phi) is 5.16. The summed E-state index contributed by atoms with van der Waals surface area (Å²) in [5.41, 5.74) is 6.66. The smallest absolute Gasteiger partial charge is 0.321 e. The summed E-state index contributed by atoms with van der Waals surface area (Å²) in [4.78, 5) is 22.8. The highest BCUT2D eigenvalue weighted by molar-refractivity contribution is 5.82. The molecule has 3 aliphatic rings. The van der Waals surface area contributed by atoms with Crippen molar-refractivity contribution in [2.24, 2.45) is 23.0 Å². The van der Waals surface area contributed by atoms with Gasteiger partial charge in [-0.15, -0.1) is 6.42 Å². The van der Waals surface area contributed by atoms with Gasteiger partial charge in [-0.3, -0.25) is 9.59 Å². The molecule has 0 aliphatic heterocycles. The molecule has 2 saturated carbocycles. The SMILES string of the molecule is C#C[C@]1(O)CCC2C3CCc4cc(OC(=O)C[C@H](N)C(=O)O)ccc4C3CC[C@@]21C. The number of hydrogen-bond acceptors (Lipinski definition) is 5. The largest absolute Gasteiger partial charge is 0.480 e. The number of carbonyl (C=O) groups excluding carboxylic acids is 1. The van der Waals surface area contributed by atoms with Crippen LogP contribution in [0.15, 0.2) is 18.2 Å². The Morgan fingerprint density at radius 1 is 1.33 bits per heavy atom. The van der Waals surface area contributed by atoms with E-state index in [0.717, 1.165) is 32.1 Å². The van der Waals surface area contributed by atoms with Crippen molar-refractivity contribution >= 4 is 11.9 Å². The molecule has 2 fully saturated rings. The van der Waals surface area contributed by atoms with Crippen LogP contribution in [-0.4, -0.2) is 33.8 Å². The van der Waals surface area contributed by atoms with E-state index in [1.165, 1.54) is 11.1 Å². The summed E-state index contributed by atoms with van der Waals surface area (Å²) in [6.07, 6.45) is 10.8. The van der Waals surface area contributed by atoms with Crippen molar-refractivity contribution in [1.29, 1.82) is 0 Å². The maximum absolute atomic E-state index is 12.0. The second kappa shape index (κ2) is 7.40. The molecule has 4 N–H and O–H groups in total. The quantitative estimate of drug-likeness (QED) is 0.399. The minimum atomic E-state index is -1.26. The van der Waals surface area contributed by atoms with Gasteiger partial charge < -0.3 is 20.7 Å². The molecule has 6 heteroatoms. The lowest BCUT2D eigenvalue weighted by atomic mass is 9.53. The number of esters is 1. The predicted molar refractivity (Wildman–Crippen MR) is 111 cm³/mol. The summed E-state index contributed by atoms with van der Waals surface area (Å²) < 4.78 is 5.33. The number of aryl methyl sites for hydroxylation is 1. The molecule has 6 nitrogen and oxygen atoms in total. The first-order valence-electron chi connectivity index (χ1n) is 10.7. The number of aliphatic hydroxyl groups is 1. The Morgan fingerprint density at radius 2 is 2.10 bits per heavy atom. The summed E-state index contributed by atoms with van der Waals surface area (Å²) in [6.45, 7) is 2.17. The maximum Gasteiger partial charge on any atom is 0.321 e. The van der Waals surface area contributed by atoms with Gasteiger partial charge in [0, 0.05) is 5.41 Å². The van der Waals surface area contributed by atoms with Gasteiger partial charge in [0.1, 0.15) is 17.4 Å². The third kappa shape index (κ3) is 3.21. The van der Waals surface area contributed by atoms with Crippen LogP contribution in [0.5, 0.6) is 5.75 Å². The summed E-state index contributed by atoms with van der Waals surface area (Å²) >= 11 is 0. The summed E-state index contributed by atoms with van der Waals surface area (Å²) in [5, 5.41) is 19.9. The molecule has 0 spiro atoms. The fourth-order valence-corrected chi connectivity index (χ4v) is 6.32. The van der Waals surface area contributed by atoms with Crippen LogP contribution in [0.2, 0.25) is 0 Å². The van der Waals surface area contributed by atoms with E-state index >= 15 is 0 Å². The zero-order chi connectivity index (χ0) is 21.7. The van der Waals surface area contributed by atoms with Gasteiger partial charge in [-0.1, -0.05) is 18.9 Å². The molecule has 0 radical (unpaired) electrons. The molecule has 0 heterocycles. The van der Waals surface area contributed by atoms with E-state index in [4.69, 9.17) is 22.0 Å². The summed E-state index contributed by atoms with van der Waals surface area (Å²) in [7, 11) is 0. The molecular formula is C24H29NO5. The van der Waals surface area contributed by atoms with E-state index in [-0.39, 0.29) is 11.8 Å². The van der Waals surface area contributed by atoms with Gasteiger partial charge >= 0.3 is 11.9 Å². The van der Waals surface area contributed by atoms with E-state index in [0.29, 0.717) is 29.9 Å². The fourth-order valence-electron chi connectivity index (χ4n) is 6.32. The van der Waals surface area contributed by atoms with E-state index in [9.17, 15) is 14.7 Å². The fraction of sp³-hybridized carbons (Fsp3) is 0.583. The van der Waals surface area contributed by atoms with Gasteiger partial charge in [0.15, 0.2) is 0 Å². The predicted octanol–water partition coefficient (Wildman–Crippen LogP) is 2.61. The van der Waals surface area contributed by atoms with Crippen LogP contribution in [-0.2, 0) is 16.0 Å². The number of carboxylic acids is 1. The molecule has 1 aromatic carbocycles. The Hall–Kier alpha value is -2.36. The summed E-state index contributed by atoms with van der Waals surface area (Å²) in [5.74, 6) is 2.60. The second-order valence-electron chi connectivity index (χ2n) is 9.40. The number of hydrogen-bond donors (Lipinski definition) is 3. The van der Waals surface area contributed by atoms with Crippen molar-refractivity contribution in [2.75, 3.05) is 0 Å². The minimum absolute atomic E-state index is 0.223. The molecule has 3 unspecified atom stereocenters. The number of fused-ring (bicyclic) bond motifs is 5. The minimum Gasteiger partial charge on any atom is -0.480 e. The molecule has 4 rings (SSSR count). The molecule has 0 bridgehead atoms. The lowest BCUT2D eigenvalue weighted by Gasteiger charge is -2.52. The van der Waals surface area contributed by atoms with Gasteiger partial charge in [-0.05, 0) is 79.5 Å². The van der Waals surface area contributed by atoms with Crippen LogP contribution in [0, 0.1) is 29.6 Å². The van der Waals surface area contributed by atoms with Gasteiger partial charge in [0.05, 0.1) is 6.42 Å². The number of terminal acetylenes is 1. The van der Waals surface area contributed by atoms with Crippen LogP contribution < -0.4 is 10.5 Å². The van der Waals surface area contributed by atoms with Crippen LogP contribution in [0.4, 0.5) is 0 Å². The molecule has 6 atom stereocenters. The highest BCUT2D eigenvalue weighted by atomic mass is 16.5. The van der Waals surface area contributed by atoms with E-state index < -0.39 is 23.6 Å². The molecule has 1 aromatic rings. The molecule has 0 amide bonds. The van der Waals surface area contributed by atoms with Crippen LogP contribution >= 0.6 is 0 Å². The van der Waals surface area contributed by atoms with Gasteiger partial charge in [0.25, 0.3) is 0 Å². The number of carboxylic acid groups (broad SMARTS) is 1. The zero-order valence-corrected chi connectivity index (χ0v) is 17.3. The number of benzene rings is 1. The maximum atomic E-state index is 12.0. The third-order valence-electron chi connectivity index (χ3n) is 8.02. The van der Waals surface area contributed by atoms with Crippen molar-refractivity contribution in [3.8, 4) is 18.1 Å². The molecular weight excluding hydrogens is 382 g/mol. The Labute approximate surface area is 176 Å². The van der Waals surface area contributed by atoms with Crippen LogP contribution in [0.25, 0.3) is 0 Å². The topological polar surface area (TPSA) is 110 Å². The average Bonchev–Trinajstić information content (AvgIpc) is 2.99. The Morgan fingerprint density at radius 3 is 2.80 bits per heavy atom. The zero-order valence-electron chi connectivity index (χ0n) is 17.3. The first kappa shape index (κ1) is 20.9. The van der Waals surface area contributed by atoms with Crippen molar-refractivity contribution in [1.82, 2.24) is 0 Å². The number of rotatable bonds is 4. The third-order valence-corrected chi connectivity index (χ3v) is 8.02. The molecule has 0 saturated heterocycles. The van der Waals surface area contributed by atoms with Gasteiger partial charge in [-0.2, -0.15) is 0 Å². The van der Waals surface area contributed by atoms with E-state index in [1.54, 1.807) is 6.07 Å². The normalized spacial score (nSPS) is 35.3.